The van der Waals surface area contributed by atoms with Crippen molar-refractivity contribution in [3.63, 3.8) is 0 Å². The van der Waals surface area contributed by atoms with Gasteiger partial charge in [0.1, 0.15) is 5.75 Å². The van der Waals surface area contributed by atoms with Gasteiger partial charge >= 0.3 is 0 Å². The number of amides is 1. The fourth-order valence-electron chi connectivity index (χ4n) is 2.38. The molecule has 0 aromatic heterocycles. The fraction of sp³-hybridized carbons (Fsp3) is 0.562. The number of anilines is 1. The summed E-state index contributed by atoms with van der Waals surface area (Å²) in [7, 11) is -1.18. The monoisotopic (exact) mass is 307 g/mol. The van der Waals surface area contributed by atoms with Gasteiger partial charge in [0.2, 0.25) is 0 Å². The minimum atomic E-state index is -1.18. The van der Waals surface area contributed by atoms with Crippen LogP contribution in [0.2, 0.25) is 13.1 Å². The van der Waals surface area contributed by atoms with E-state index in [1.54, 1.807) is 0 Å². The molecule has 1 N–H and O–H groups in total. The Morgan fingerprint density at radius 2 is 2.00 bits per heavy atom. The second-order valence-corrected chi connectivity index (χ2v) is 9.24. The molecule has 0 aliphatic carbocycles. The van der Waals surface area contributed by atoms with Gasteiger partial charge in [0.15, 0.2) is 15.1 Å². The molecule has 2 atom stereocenters. The highest BCUT2D eigenvalue weighted by atomic mass is 28.3. The number of fused-ring (bicyclic) bond motifs is 1. The third kappa shape index (κ3) is 4.08. The van der Waals surface area contributed by atoms with Gasteiger partial charge in [0.05, 0.1) is 11.8 Å². The van der Waals surface area contributed by atoms with Gasteiger partial charge in [0.25, 0.3) is 5.91 Å². The number of nitrogens with one attached hydrogen (secondary N) is 1. The Morgan fingerprint density at radius 1 is 1.33 bits per heavy atom. The zero-order valence-corrected chi connectivity index (χ0v) is 14.6. The molecular weight excluding hydrogens is 282 g/mol. The molecular formula is C16H25NO3Si. The number of benzene rings is 1. The maximum absolute atomic E-state index is 12.2. The fourth-order valence-corrected chi connectivity index (χ4v) is 3.56. The molecule has 0 bridgehead atoms. The first-order valence-corrected chi connectivity index (χ1v) is 10.3. The van der Waals surface area contributed by atoms with E-state index in [-0.39, 0.29) is 17.4 Å². The molecule has 1 aliphatic rings. The van der Waals surface area contributed by atoms with Crippen molar-refractivity contribution >= 4 is 20.6 Å². The largest absolute Gasteiger partial charge is 0.478 e. The predicted molar refractivity (Wildman–Crippen MR) is 87.3 cm³/mol. The van der Waals surface area contributed by atoms with E-state index in [4.69, 9.17) is 9.16 Å². The quantitative estimate of drug-likeness (QED) is 0.869. The third-order valence-corrected chi connectivity index (χ3v) is 4.41. The first kappa shape index (κ1) is 16.0. The van der Waals surface area contributed by atoms with Crippen LogP contribution in [0.3, 0.4) is 0 Å². The second kappa shape index (κ2) is 6.20. The minimum absolute atomic E-state index is 0.0160. The normalized spacial score (nSPS) is 19.7. The summed E-state index contributed by atoms with van der Waals surface area (Å²) < 4.78 is 12.0. The van der Waals surface area contributed by atoms with Crippen molar-refractivity contribution in [2.45, 2.75) is 52.5 Å². The summed E-state index contributed by atoms with van der Waals surface area (Å²) in [4.78, 5) is 12.2. The molecule has 0 radical (unpaired) electrons. The molecule has 2 unspecified atom stereocenters. The highest BCUT2D eigenvalue weighted by molar-refractivity contribution is 6.48. The van der Waals surface area contributed by atoms with Crippen molar-refractivity contribution in [1.82, 2.24) is 0 Å². The molecule has 0 saturated heterocycles. The van der Waals surface area contributed by atoms with E-state index in [9.17, 15) is 4.79 Å². The molecule has 1 aliphatic heterocycles. The van der Waals surface area contributed by atoms with Crippen LogP contribution < -0.4 is 10.1 Å². The van der Waals surface area contributed by atoms with Crippen molar-refractivity contribution in [2.75, 3.05) is 5.32 Å². The Balaban J connectivity index is 2.13. The SMILES string of the molecule is C[SiH](C)OC(CC1Oc2ccccc2NC1=O)C(C)(C)C. The Morgan fingerprint density at radius 3 is 2.62 bits per heavy atom. The van der Waals surface area contributed by atoms with Crippen molar-refractivity contribution in [2.24, 2.45) is 5.41 Å². The van der Waals surface area contributed by atoms with Crippen molar-refractivity contribution in [3.05, 3.63) is 24.3 Å². The lowest BCUT2D eigenvalue weighted by Gasteiger charge is -2.36. The summed E-state index contributed by atoms with van der Waals surface area (Å²) in [5.41, 5.74) is 0.725. The highest BCUT2D eigenvalue weighted by Gasteiger charge is 2.35. The molecule has 1 aromatic rings. The van der Waals surface area contributed by atoms with E-state index in [1.165, 1.54) is 0 Å². The minimum Gasteiger partial charge on any atom is -0.478 e. The first-order valence-electron chi connectivity index (χ1n) is 7.49. The van der Waals surface area contributed by atoms with Crippen LogP contribution in [0.4, 0.5) is 5.69 Å². The van der Waals surface area contributed by atoms with Crippen LogP contribution in [0, 0.1) is 5.41 Å². The van der Waals surface area contributed by atoms with Crippen LogP contribution in [0.5, 0.6) is 5.75 Å². The summed E-state index contributed by atoms with van der Waals surface area (Å²) in [6.07, 6.45) is 0.108. The van der Waals surface area contributed by atoms with Gasteiger partial charge < -0.3 is 14.5 Å². The maximum Gasteiger partial charge on any atom is 0.265 e. The summed E-state index contributed by atoms with van der Waals surface area (Å²) >= 11 is 0. The van der Waals surface area contributed by atoms with E-state index < -0.39 is 15.1 Å². The first-order chi connectivity index (χ1) is 9.77. The van der Waals surface area contributed by atoms with Crippen LogP contribution in [-0.4, -0.2) is 27.2 Å². The molecule has 21 heavy (non-hydrogen) atoms. The van der Waals surface area contributed by atoms with E-state index >= 15 is 0 Å². The molecule has 1 aromatic carbocycles. The molecule has 116 valence electrons. The van der Waals surface area contributed by atoms with Crippen LogP contribution in [0.15, 0.2) is 24.3 Å². The third-order valence-electron chi connectivity index (χ3n) is 3.54. The van der Waals surface area contributed by atoms with Gasteiger partial charge in [-0.25, -0.2) is 0 Å². The molecule has 0 spiro atoms. The molecule has 1 amide bonds. The number of carbonyl (C=O) groups excluding carboxylic acids is 1. The number of hydrogen-bond donors (Lipinski definition) is 1. The van der Waals surface area contributed by atoms with Gasteiger partial charge in [-0.1, -0.05) is 32.9 Å². The number of rotatable bonds is 4. The Labute approximate surface area is 128 Å². The Kier molecular flexibility index (Phi) is 4.73. The van der Waals surface area contributed by atoms with E-state index in [0.717, 1.165) is 11.4 Å². The van der Waals surface area contributed by atoms with Gasteiger partial charge in [0, 0.05) is 6.42 Å². The van der Waals surface area contributed by atoms with Crippen LogP contribution >= 0.6 is 0 Å². The zero-order chi connectivity index (χ0) is 15.6. The lowest BCUT2D eigenvalue weighted by molar-refractivity contribution is -0.125. The maximum atomic E-state index is 12.2. The standard InChI is InChI=1S/C16H25NO3Si/c1-16(2,3)14(20-21(4)5)10-13-15(18)17-11-8-6-7-9-12(11)19-13/h6-9,13-14,21H,10H2,1-5H3,(H,17,18). The van der Waals surface area contributed by atoms with Gasteiger partial charge in [-0.05, 0) is 30.6 Å². The number of carbonyl (C=O) groups is 1. The summed E-state index contributed by atoms with van der Waals surface area (Å²) in [5, 5.41) is 2.91. The molecule has 2 rings (SSSR count). The Hall–Kier alpha value is -1.33. The van der Waals surface area contributed by atoms with Gasteiger partial charge in [-0.2, -0.15) is 0 Å². The van der Waals surface area contributed by atoms with E-state index in [0.29, 0.717) is 6.42 Å². The highest BCUT2D eigenvalue weighted by Crippen LogP contribution is 2.33. The summed E-state index contributed by atoms with van der Waals surface area (Å²) in [6.45, 7) is 10.7. The molecule has 1 heterocycles. The average molecular weight is 307 g/mol. The number of para-hydroxylation sites is 2. The number of ether oxygens (including phenoxy) is 1. The molecule has 5 heteroatoms. The second-order valence-electron chi connectivity index (χ2n) is 6.87. The summed E-state index contributed by atoms with van der Waals surface area (Å²) in [6, 6.07) is 7.52. The Bertz CT molecular complexity index is 510. The predicted octanol–water partition coefficient (Wildman–Crippen LogP) is 3.19. The number of hydrogen-bond acceptors (Lipinski definition) is 3. The van der Waals surface area contributed by atoms with E-state index in [1.807, 2.05) is 24.3 Å². The van der Waals surface area contributed by atoms with Crippen LogP contribution in [0.1, 0.15) is 27.2 Å². The van der Waals surface area contributed by atoms with E-state index in [2.05, 4.69) is 39.2 Å². The summed E-state index contributed by atoms with van der Waals surface area (Å²) in [5.74, 6) is 0.647. The van der Waals surface area contributed by atoms with Crippen molar-refractivity contribution in [3.8, 4) is 5.75 Å². The zero-order valence-electron chi connectivity index (χ0n) is 13.5. The smallest absolute Gasteiger partial charge is 0.265 e. The van der Waals surface area contributed by atoms with Crippen molar-refractivity contribution < 1.29 is 14.0 Å². The van der Waals surface area contributed by atoms with Gasteiger partial charge in [-0.3, -0.25) is 4.79 Å². The van der Waals surface area contributed by atoms with Crippen LogP contribution in [-0.2, 0) is 9.22 Å². The lowest BCUT2D eigenvalue weighted by Crippen LogP contribution is -2.44. The lowest BCUT2D eigenvalue weighted by atomic mass is 9.85. The molecule has 0 fully saturated rings. The van der Waals surface area contributed by atoms with Crippen molar-refractivity contribution in [1.29, 1.82) is 0 Å². The average Bonchev–Trinajstić information content (AvgIpc) is 2.37. The van der Waals surface area contributed by atoms with Gasteiger partial charge in [-0.15, -0.1) is 0 Å². The topological polar surface area (TPSA) is 47.6 Å². The molecule has 4 nitrogen and oxygen atoms in total. The molecule has 0 saturated carbocycles. The van der Waals surface area contributed by atoms with Crippen LogP contribution in [0.25, 0.3) is 0 Å².